The van der Waals surface area contributed by atoms with Gasteiger partial charge in [0.1, 0.15) is 0 Å². The first-order valence-corrected chi connectivity index (χ1v) is 11.5. The average Bonchev–Trinajstić information content (AvgIpc) is 3.53. The molecular formula is C24H37N3O. The van der Waals surface area contributed by atoms with E-state index in [2.05, 4.69) is 52.4 Å². The van der Waals surface area contributed by atoms with Gasteiger partial charge in [0.2, 0.25) is 5.91 Å². The fraction of sp³-hybridized carbons (Fsp3) is 0.708. The second-order valence-electron chi connectivity index (χ2n) is 9.27. The van der Waals surface area contributed by atoms with Crippen molar-refractivity contribution in [3.05, 3.63) is 35.9 Å². The lowest BCUT2D eigenvalue weighted by Crippen LogP contribution is -2.52. The van der Waals surface area contributed by atoms with Gasteiger partial charge >= 0.3 is 0 Å². The SMILES string of the molecule is CCC1(NC(=O)C2CCCN(C3CCN(CCc4ccccc4)CC3)C2)CC1. The first-order valence-electron chi connectivity index (χ1n) is 11.5. The van der Waals surface area contributed by atoms with Gasteiger partial charge in [-0.05, 0) is 76.6 Å². The summed E-state index contributed by atoms with van der Waals surface area (Å²) in [6.45, 7) is 7.91. The summed E-state index contributed by atoms with van der Waals surface area (Å²) in [7, 11) is 0. The van der Waals surface area contributed by atoms with Crippen LogP contribution in [0.2, 0.25) is 0 Å². The lowest BCUT2D eigenvalue weighted by atomic mass is 9.92. The highest BCUT2D eigenvalue weighted by Crippen LogP contribution is 2.39. The monoisotopic (exact) mass is 383 g/mol. The fourth-order valence-corrected chi connectivity index (χ4v) is 5.07. The first kappa shape index (κ1) is 19.9. The molecule has 0 radical (unpaired) electrons. The summed E-state index contributed by atoms with van der Waals surface area (Å²) in [6.07, 6.45) is 9.32. The quantitative estimate of drug-likeness (QED) is 0.783. The van der Waals surface area contributed by atoms with E-state index in [0.717, 1.165) is 25.8 Å². The van der Waals surface area contributed by atoms with E-state index in [1.807, 2.05) is 0 Å². The van der Waals surface area contributed by atoms with Crippen LogP contribution in [0.15, 0.2) is 30.3 Å². The maximum Gasteiger partial charge on any atom is 0.224 e. The first-order chi connectivity index (χ1) is 13.7. The number of nitrogens with zero attached hydrogens (tertiary/aromatic N) is 2. The number of carbonyl (C=O) groups excluding carboxylic acids is 1. The van der Waals surface area contributed by atoms with Crippen LogP contribution in [-0.4, -0.2) is 60.0 Å². The fourth-order valence-electron chi connectivity index (χ4n) is 5.07. The van der Waals surface area contributed by atoms with E-state index in [4.69, 9.17) is 0 Å². The third kappa shape index (κ3) is 4.96. The molecule has 3 aliphatic rings. The Bertz CT molecular complexity index is 635. The van der Waals surface area contributed by atoms with E-state index >= 15 is 0 Å². The van der Waals surface area contributed by atoms with Crippen molar-refractivity contribution in [3.8, 4) is 0 Å². The smallest absolute Gasteiger partial charge is 0.224 e. The Hall–Kier alpha value is -1.39. The zero-order valence-electron chi connectivity index (χ0n) is 17.5. The van der Waals surface area contributed by atoms with Gasteiger partial charge in [-0.25, -0.2) is 0 Å². The normalized spacial score (nSPS) is 26.1. The number of likely N-dealkylation sites (tertiary alicyclic amines) is 2. The van der Waals surface area contributed by atoms with Gasteiger partial charge in [0.25, 0.3) is 0 Å². The largest absolute Gasteiger partial charge is 0.350 e. The molecule has 0 spiro atoms. The third-order valence-electron chi connectivity index (χ3n) is 7.38. The highest BCUT2D eigenvalue weighted by molar-refractivity contribution is 5.80. The summed E-state index contributed by atoms with van der Waals surface area (Å²) in [5, 5.41) is 3.38. The minimum atomic E-state index is 0.156. The van der Waals surface area contributed by atoms with Gasteiger partial charge in [-0.3, -0.25) is 9.69 Å². The van der Waals surface area contributed by atoms with E-state index in [1.165, 1.54) is 63.8 Å². The van der Waals surface area contributed by atoms with E-state index in [0.29, 0.717) is 11.9 Å². The summed E-state index contributed by atoms with van der Waals surface area (Å²) in [6, 6.07) is 11.5. The molecule has 1 aliphatic carbocycles. The summed E-state index contributed by atoms with van der Waals surface area (Å²) in [5.41, 5.74) is 1.60. The van der Waals surface area contributed by atoms with Crippen molar-refractivity contribution in [2.75, 3.05) is 32.7 Å². The molecule has 4 heteroatoms. The predicted molar refractivity (Wildman–Crippen MR) is 114 cm³/mol. The molecule has 0 aromatic heterocycles. The van der Waals surface area contributed by atoms with Gasteiger partial charge in [-0.1, -0.05) is 37.3 Å². The number of carbonyl (C=O) groups is 1. The predicted octanol–water partition coefficient (Wildman–Crippen LogP) is 3.46. The van der Waals surface area contributed by atoms with E-state index in [-0.39, 0.29) is 11.5 Å². The van der Waals surface area contributed by atoms with Crippen LogP contribution in [0, 0.1) is 5.92 Å². The van der Waals surface area contributed by atoms with Crippen molar-refractivity contribution in [2.45, 2.75) is 69.9 Å². The molecule has 1 amide bonds. The topological polar surface area (TPSA) is 35.6 Å². The molecule has 2 aliphatic heterocycles. The zero-order chi connectivity index (χ0) is 19.4. The second-order valence-corrected chi connectivity index (χ2v) is 9.27. The Labute approximate surface area is 170 Å². The number of hydrogen-bond acceptors (Lipinski definition) is 3. The Balaban J connectivity index is 1.21. The van der Waals surface area contributed by atoms with Gasteiger partial charge in [0, 0.05) is 24.7 Å². The Morgan fingerprint density at radius 3 is 2.54 bits per heavy atom. The number of benzene rings is 1. The van der Waals surface area contributed by atoms with Crippen LogP contribution in [-0.2, 0) is 11.2 Å². The van der Waals surface area contributed by atoms with Gasteiger partial charge in [-0.15, -0.1) is 0 Å². The van der Waals surface area contributed by atoms with Crippen LogP contribution >= 0.6 is 0 Å². The van der Waals surface area contributed by atoms with Gasteiger partial charge in [0.05, 0.1) is 5.92 Å². The molecule has 0 bridgehead atoms. The van der Waals surface area contributed by atoms with Crippen molar-refractivity contribution < 1.29 is 4.79 Å². The van der Waals surface area contributed by atoms with E-state index in [1.54, 1.807) is 0 Å². The molecule has 154 valence electrons. The molecular weight excluding hydrogens is 346 g/mol. The van der Waals surface area contributed by atoms with Crippen molar-refractivity contribution >= 4 is 5.91 Å². The molecule has 1 aromatic rings. The maximum atomic E-state index is 12.8. The van der Waals surface area contributed by atoms with Crippen LogP contribution in [0.3, 0.4) is 0 Å². The van der Waals surface area contributed by atoms with Crippen LogP contribution in [0.4, 0.5) is 0 Å². The van der Waals surface area contributed by atoms with E-state index in [9.17, 15) is 4.79 Å². The van der Waals surface area contributed by atoms with Gasteiger partial charge < -0.3 is 10.2 Å². The molecule has 4 rings (SSSR count). The minimum Gasteiger partial charge on any atom is -0.350 e. The molecule has 1 saturated carbocycles. The van der Waals surface area contributed by atoms with Crippen molar-refractivity contribution in [1.29, 1.82) is 0 Å². The summed E-state index contributed by atoms with van der Waals surface area (Å²) in [5.74, 6) is 0.526. The molecule has 2 saturated heterocycles. The highest BCUT2D eigenvalue weighted by Gasteiger charge is 2.43. The summed E-state index contributed by atoms with van der Waals surface area (Å²) < 4.78 is 0. The minimum absolute atomic E-state index is 0.156. The molecule has 1 aromatic carbocycles. The molecule has 2 heterocycles. The van der Waals surface area contributed by atoms with Crippen molar-refractivity contribution in [1.82, 2.24) is 15.1 Å². The number of piperidine rings is 2. The van der Waals surface area contributed by atoms with E-state index < -0.39 is 0 Å². The molecule has 1 unspecified atom stereocenters. The van der Waals surface area contributed by atoms with Crippen molar-refractivity contribution in [3.63, 3.8) is 0 Å². The van der Waals surface area contributed by atoms with Crippen molar-refractivity contribution in [2.24, 2.45) is 5.92 Å². The Morgan fingerprint density at radius 1 is 1.11 bits per heavy atom. The lowest BCUT2D eigenvalue weighted by molar-refractivity contribution is -0.128. The third-order valence-corrected chi connectivity index (χ3v) is 7.38. The molecule has 28 heavy (non-hydrogen) atoms. The number of amides is 1. The standard InChI is InChI=1S/C24H37N3O/c1-2-24(13-14-24)25-23(28)21-9-6-15-27(19-21)22-11-17-26(18-12-22)16-10-20-7-4-3-5-8-20/h3-5,7-8,21-22H,2,6,9-19H2,1H3,(H,25,28). The summed E-state index contributed by atoms with van der Waals surface area (Å²) in [4.78, 5) is 18.0. The Morgan fingerprint density at radius 2 is 1.86 bits per heavy atom. The van der Waals surface area contributed by atoms with Crippen LogP contribution < -0.4 is 5.32 Å². The van der Waals surface area contributed by atoms with Crippen LogP contribution in [0.5, 0.6) is 0 Å². The molecule has 1 atom stereocenters. The lowest BCUT2D eigenvalue weighted by Gasteiger charge is -2.42. The average molecular weight is 384 g/mol. The molecule has 4 nitrogen and oxygen atoms in total. The number of hydrogen-bond donors (Lipinski definition) is 1. The summed E-state index contributed by atoms with van der Waals surface area (Å²) >= 11 is 0. The van der Waals surface area contributed by atoms with Gasteiger partial charge in [-0.2, -0.15) is 0 Å². The zero-order valence-corrected chi connectivity index (χ0v) is 17.5. The van der Waals surface area contributed by atoms with Gasteiger partial charge in [0.15, 0.2) is 0 Å². The maximum absolute atomic E-state index is 12.8. The van der Waals surface area contributed by atoms with Crippen LogP contribution in [0.1, 0.15) is 57.4 Å². The molecule has 1 N–H and O–H groups in total. The highest BCUT2D eigenvalue weighted by atomic mass is 16.2. The number of rotatable bonds is 7. The second kappa shape index (κ2) is 8.96. The van der Waals surface area contributed by atoms with Crippen LogP contribution in [0.25, 0.3) is 0 Å². The molecule has 3 fully saturated rings. The Kier molecular flexibility index (Phi) is 6.37. The number of nitrogens with one attached hydrogen (secondary N) is 1.